The summed E-state index contributed by atoms with van der Waals surface area (Å²) >= 11 is 0. The monoisotopic (exact) mass is 301 g/mol. The van der Waals surface area contributed by atoms with Crippen molar-refractivity contribution in [3.8, 4) is 0 Å². The molecule has 0 aromatic heterocycles. The molecular weight excluding hydrogens is 289 g/mol. The summed E-state index contributed by atoms with van der Waals surface area (Å²) in [4.78, 5) is 0. The minimum Gasteiger partial charge on any atom is -0.324 e. The van der Waals surface area contributed by atoms with Gasteiger partial charge < -0.3 is 5.73 Å². The van der Waals surface area contributed by atoms with E-state index in [0.29, 0.717) is 17.7 Å². The molecule has 0 saturated carbocycles. The molecule has 0 spiro atoms. The molecule has 1 nitrogen and oxygen atoms in total. The van der Waals surface area contributed by atoms with Crippen LogP contribution in [0.3, 0.4) is 0 Å². The van der Waals surface area contributed by atoms with Crippen LogP contribution in [0, 0.1) is 11.6 Å². The van der Waals surface area contributed by atoms with Crippen LogP contribution >= 0.6 is 0 Å². The quantitative estimate of drug-likeness (QED) is 0.844. The van der Waals surface area contributed by atoms with Crippen molar-refractivity contribution in [1.29, 1.82) is 0 Å². The van der Waals surface area contributed by atoms with E-state index in [1.54, 1.807) is 6.07 Å². The number of hydrogen-bond acceptors (Lipinski definition) is 1. The minimum absolute atomic E-state index is 0.0377. The van der Waals surface area contributed by atoms with Crippen LogP contribution in [0.2, 0.25) is 0 Å². The zero-order valence-corrected chi connectivity index (χ0v) is 10.8. The van der Waals surface area contributed by atoms with Gasteiger partial charge in [0.15, 0.2) is 0 Å². The average Bonchev–Trinajstić information content (AvgIpc) is 2.37. The van der Waals surface area contributed by atoms with E-state index in [0.717, 1.165) is 6.07 Å². The highest BCUT2D eigenvalue weighted by Crippen LogP contribution is 2.32. The second-order valence-corrected chi connectivity index (χ2v) is 4.67. The fourth-order valence-corrected chi connectivity index (χ4v) is 2.03. The fourth-order valence-electron chi connectivity index (χ4n) is 2.03. The number of benzene rings is 2. The van der Waals surface area contributed by atoms with Crippen molar-refractivity contribution < 1.29 is 22.0 Å². The topological polar surface area (TPSA) is 26.0 Å². The molecule has 0 aliphatic carbocycles. The van der Waals surface area contributed by atoms with Crippen LogP contribution in [-0.2, 0) is 12.6 Å². The van der Waals surface area contributed by atoms with Crippen LogP contribution in [0.15, 0.2) is 42.5 Å². The summed E-state index contributed by atoms with van der Waals surface area (Å²) in [6.45, 7) is 0. The van der Waals surface area contributed by atoms with Gasteiger partial charge in [0, 0.05) is 11.6 Å². The minimum atomic E-state index is -4.57. The molecule has 0 heterocycles. The van der Waals surface area contributed by atoms with E-state index >= 15 is 0 Å². The van der Waals surface area contributed by atoms with E-state index in [-0.39, 0.29) is 12.0 Å². The first-order valence-corrected chi connectivity index (χ1v) is 6.14. The van der Waals surface area contributed by atoms with Crippen LogP contribution in [0.5, 0.6) is 0 Å². The maximum absolute atomic E-state index is 13.7. The summed E-state index contributed by atoms with van der Waals surface area (Å²) in [6.07, 6.45) is -4.53. The van der Waals surface area contributed by atoms with E-state index in [1.807, 2.05) is 0 Å². The molecule has 0 amide bonds. The fraction of sp³-hybridized carbons (Fsp3) is 0.200. The first-order chi connectivity index (χ1) is 9.77. The lowest BCUT2D eigenvalue weighted by molar-refractivity contribution is -0.137. The van der Waals surface area contributed by atoms with Crippen LogP contribution in [0.4, 0.5) is 22.0 Å². The molecule has 2 rings (SSSR count). The Bertz CT molecular complexity index is 636. The van der Waals surface area contributed by atoms with Crippen molar-refractivity contribution >= 4 is 0 Å². The lowest BCUT2D eigenvalue weighted by Gasteiger charge is -2.15. The molecular formula is C15H12F5N. The molecule has 1 atom stereocenters. The van der Waals surface area contributed by atoms with Crippen molar-refractivity contribution in [2.24, 2.45) is 5.73 Å². The summed E-state index contributed by atoms with van der Waals surface area (Å²) < 4.78 is 64.6. The maximum atomic E-state index is 13.7. The van der Waals surface area contributed by atoms with Crippen molar-refractivity contribution in [3.05, 3.63) is 70.8 Å². The van der Waals surface area contributed by atoms with E-state index in [4.69, 9.17) is 5.73 Å². The summed E-state index contributed by atoms with van der Waals surface area (Å²) in [6, 6.07) is 6.59. The van der Waals surface area contributed by atoms with Crippen LogP contribution in [-0.4, -0.2) is 0 Å². The average molecular weight is 301 g/mol. The molecule has 1 unspecified atom stereocenters. The Hall–Kier alpha value is -1.95. The molecule has 2 aromatic carbocycles. The number of hydrogen-bond donors (Lipinski definition) is 1. The van der Waals surface area contributed by atoms with Gasteiger partial charge in [0.2, 0.25) is 0 Å². The SMILES string of the molecule is NC(Cc1cccc(F)c1)c1cc(C(F)(F)F)ccc1F. The molecule has 112 valence electrons. The maximum Gasteiger partial charge on any atom is 0.416 e. The number of nitrogens with two attached hydrogens (primary N) is 1. The number of halogens is 5. The smallest absolute Gasteiger partial charge is 0.324 e. The highest BCUT2D eigenvalue weighted by atomic mass is 19.4. The lowest BCUT2D eigenvalue weighted by atomic mass is 9.97. The predicted octanol–water partition coefficient (Wildman–Crippen LogP) is 4.23. The van der Waals surface area contributed by atoms with Crippen molar-refractivity contribution in [2.75, 3.05) is 0 Å². The molecule has 0 aliphatic rings. The van der Waals surface area contributed by atoms with Crippen LogP contribution in [0.25, 0.3) is 0 Å². The van der Waals surface area contributed by atoms with Gasteiger partial charge in [0.25, 0.3) is 0 Å². The second kappa shape index (κ2) is 5.81. The lowest BCUT2D eigenvalue weighted by Crippen LogP contribution is -2.17. The Kier molecular flexibility index (Phi) is 4.27. The van der Waals surface area contributed by atoms with Gasteiger partial charge in [-0.25, -0.2) is 8.78 Å². The van der Waals surface area contributed by atoms with E-state index < -0.39 is 29.4 Å². The van der Waals surface area contributed by atoms with E-state index in [9.17, 15) is 22.0 Å². The summed E-state index contributed by atoms with van der Waals surface area (Å²) in [5, 5.41) is 0. The number of rotatable bonds is 3. The van der Waals surface area contributed by atoms with Crippen LogP contribution < -0.4 is 5.73 Å². The van der Waals surface area contributed by atoms with Crippen molar-refractivity contribution in [3.63, 3.8) is 0 Å². The highest BCUT2D eigenvalue weighted by molar-refractivity contribution is 5.31. The molecule has 2 aromatic rings. The van der Waals surface area contributed by atoms with Gasteiger partial charge in [-0.05, 0) is 42.3 Å². The van der Waals surface area contributed by atoms with Crippen molar-refractivity contribution in [2.45, 2.75) is 18.6 Å². The zero-order chi connectivity index (χ0) is 15.6. The summed E-state index contributed by atoms with van der Waals surface area (Å²) in [7, 11) is 0. The summed E-state index contributed by atoms with van der Waals surface area (Å²) in [5.74, 6) is -1.30. The predicted molar refractivity (Wildman–Crippen MR) is 68.4 cm³/mol. The Balaban J connectivity index is 2.28. The highest BCUT2D eigenvalue weighted by Gasteiger charge is 2.31. The molecule has 0 aliphatic heterocycles. The molecule has 6 heteroatoms. The van der Waals surface area contributed by atoms with Gasteiger partial charge in [-0.1, -0.05) is 12.1 Å². The Morgan fingerprint density at radius 2 is 1.71 bits per heavy atom. The molecule has 2 N–H and O–H groups in total. The third kappa shape index (κ3) is 3.78. The van der Waals surface area contributed by atoms with E-state index in [2.05, 4.69) is 0 Å². The first kappa shape index (κ1) is 15.4. The third-order valence-corrected chi connectivity index (χ3v) is 3.07. The van der Waals surface area contributed by atoms with Gasteiger partial charge >= 0.3 is 6.18 Å². The van der Waals surface area contributed by atoms with E-state index in [1.165, 1.54) is 18.2 Å². The summed E-state index contributed by atoms with van der Waals surface area (Å²) in [5.41, 5.74) is 5.04. The Labute approximate surface area is 118 Å². The molecule has 21 heavy (non-hydrogen) atoms. The normalized spacial score (nSPS) is 13.2. The standard InChI is InChI=1S/C15H12F5N/c16-11-3-1-2-9(6-11)7-14(21)12-8-10(15(18,19)20)4-5-13(12)17/h1-6,8,14H,7,21H2. The molecule has 0 bridgehead atoms. The van der Waals surface area contributed by atoms with Gasteiger partial charge in [0.1, 0.15) is 11.6 Å². The molecule has 0 fully saturated rings. The van der Waals surface area contributed by atoms with Gasteiger partial charge in [0.05, 0.1) is 5.56 Å². The molecule has 0 saturated heterocycles. The largest absolute Gasteiger partial charge is 0.416 e. The Morgan fingerprint density at radius 3 is 2.33 bits per heavy atom. The second-order valence-electron chi connectivity index (χ2n) is 4.67. The van der Waals surface area contributed by atoms with Gasteiger partial charge in [-0.2, -0.15) is 13.2 Å². The molecule has 0 radical (unpaired) electrons. The third-order valence-electron chi connectivity index (χ3n) is 3.07. The van der Waals surface area contributed by atoms with Crippen LogP contribution in [0.1, 0.15) is 22.7 Å². The first-order valence-electron chi connectivity index (χ1n) is 6.14. The number of alkyl halides is 3. The zero-order valence-electron chi connectivity index (χ0n) is 10.8. The Morgan fingerprint density at radius 1 is 1.00 bits per heavy atom. The van der Waals surface area contributed by atoms with Gasteiger partial charge in [-0.15, -0.1) is 0 Å². The van der Waals surface area contributed by atoms with Gasteiger partial charge in [-0.3, -0.25) is 0 Å². The van der Waals surface area contributed by atoms with Crippen molar-refractivity contribution in [1.82, 2.24) is 0 Å².